The topological polar surface area (TPSA) is 37.8 Å². The Morgan fingerprint density at radius 3 is 2.62 bits per heavy atom. The van der Waals surface area contributed by atoms with Crippen LogP contribution < -0.4 is 10.8 Å². The Kier molecular flexibility index (Phi) is 3.69. The van der Waals surface area contributed by atoms with Crippen LogP contribution in [0.3, 0.4) is 0 Å². The van der Waals surface area contributed by atoms with Crippen LogP contribution in [0.15, 0.2) is 48.8 Å². The highest BCUT2D eigenvalue weighted by atomic mass is 15.0. The third-order valence-electron chi connectivity index (χ3n) is 3.22. The lowest BCUT2D eigenvalue weighted by molar-refractivity contribution is 1.34. The van der Waals surface area contributed by atoms with E-state index in [1.165, 1.54) is 0 Å². The molecule has 3 nitrogen and oxygen atoms in total. The van der Waals surface area contributed by atoms with Crippen molar-refractivity contribution < 1.29 is 0 Å². The van der Waals surface area contributed by atoms with Crippen LogP contribution in [0, 0.1) is 0 Å². The van der Waals surface area contributed by atoms with Crippen LogP contribution in [-0.2, 0) is 0 Å². The van der Waals surface area contributed by atoms with Crippen molar-refractivity contribution in [2.45, 2.75) is 0 Å². The van der Waals surface area contributed by atoms with Gasteiger partial charge < -0.3 is 5.32 Å². The van der Waals surface area contributed by atoms with E-state index in [-0.39, 0.29) is 0 Å². The van der Waals surface area contributed by atoms with Gasteiger partial charge in [-0.05, 0) is 29.3 Å². The Balaban J connectivity index is 1.93. The van der Waals surface area contributed by atoms with E-state index in [1.54, 1.807) is 12.4 Å². The summed E-state index contributed by atoms with van der Waals surface area (Å²) in [6.07, 6.45) is 7.44. The predicted octanol–water partition coefficient (Wildman–Crippen LogP) is 2.64. The monoisotopic (exact) mass is 271 g/mol. The van der Waals surface area contributed by atoms with Gasteiger partial charge in [-0.2, -0.15) is 0 Å². The van der Waals surface area contributed by atoms with Gasteiger partial charge in [-0.15, -0.1) is 0 Å². The molecule has 2 heterocycles. The van der Waals surface area contributed by atoms with Gasteiger partial charge in [-0.25, -0.2) is 4.98 Å². The van der Waals surface area contributed by atoms with Crippen molar-refractivity contribution in [3.63, 3.8) is 0 Å². The smallest absolute Gasteiger partial charge is 0.126 e. The Labute approximate surface area is 125 Å². The standard InChI is InChI=1S/C17H14BN3/c1-19-17-7-6-14-5-4-12(9-16(14)21-17)2-3-13-8-15(18)11-20-10-13/h2-11H,1H3,(H,19,21)/b3-2+. The molecule has 4 heteroatoms. The molecule has 0 saturated carbocycles. The minimum atomic E-state index is 0.663. The number of hydrogen-bond acceptors (Lipinski definition) is 3. The number of anilines is 1. The van der Waals surface area contributed by atoms with Crippen LogP contribution in [0.4, 0.5) is 5.82 Å². The van der Waals surface area contributed by atoms with E-state index in [0.29, 0.717) is 5.46 Å². The van der Waals surface area contributed by atoms with Gasteiger partial charge in [0.2, 0.25) is 0 Å². The van der Waals surface area contributed by atoms with E-state index in [0.717, 1.165) is 27.8 Å². The highest BCUT2D eigenvalue weighted by molar-refractivity contribution is 6.32. The van der Waals surface area contributed by atoms with E-state index >= 15 is 0 Å². The summed E-state index contributed by atoms with van der Waals surface area (Å²) in [5.74, 6) is 0.865. The molecule has 2 radical (unpaired) electrons. The maximum absolute atomic E-state index is 5.72. The molecule has 3 aromatic rings. The van der Waals surface area contributed by atoms with Gasteiger partial charge in [0.25, 0.3) is 0 Å². The summed E-state index contributed by atoms with van der Waals surface area (Å²) in [6.45, 7) is 0. The van der Waals surface area contributed by atoms with Gasteiger partial charge in [0.05, 0.1) is 5.52 Å². The molecule has 0 fully saturated rings. The van der Waals surface area contributed by atoms with Crippen LogP contribution in [-0.4, -0.2) is 24.9 Å². The molecule has 0 aliphatic rings. The first-order valence-corrected chi connectivity index (χ1v) is 6.72. The molecule has 1 aromatic carbocycles. The molecule has 2 aromatic heterocycles. The zero-order valence-electron chi connectivity index (χ0n) is 11.7. The molecule has 0 amide bonds. The Morgan fingerprint density at radius 1 is 1.00 bits per heavy atom. The fourth-order valence-electron chi connectivity index (χ4n) is 2.14. The Morgan fingerprint density at radius 2 is 1.81 bits per heavy atom. The fourth-order valence-corrected chi connectivity index (χ4v) is 2.14. The second-order valence-electron chi connectivity index (χ2n) is 4.78. The molecule has 0 aliphatic heterocycles. The number of nitrogens with zero attached hydrogens (tertiary/aromatic N) is 2. The largest absolute Gasteiger partial charge is 0.373 e. The summed E-state index contributed by atoms with van der Waals surface area (Å²) in [5, 5.41) is 4.17. The number of benzene rings is 1. The van der Waals surface area contributed by atoms with Gasteiger partial charge in [-0.1, -0.05) is 35.8 Å². The maximum atomic E-state index is 5.72. The first-order chi connectivity index (χ1) is 10.2. The van der Waals surface area contributed by atoms with Crippen molar-refractivity contribution in [1.82, 2.24) is 9.97 Å². The molecule has 100 valence electrons. The summed E-state index contributed by atoms with van der Waals surface area (Å²) < 4.78 is 0. The lowest BCUT2D eigenvalue weighted by Gasteiger charge is -2.03. The molecule has 21 heavy (non-hydrogen) atoms. The van der Waals surface area contributed by atoms with Crippen molar-refractivity contribution in [1.29, 1.82) is 0 Å². The molecule has 0 saturated heterocycles. The lowest BCUT2D eigenvalue weighted by atomic mass is 9.97. The van der Waals surface area contributed by atoms with Gasteiger partial charge in [0.1, 0.15) is 13.7 Å². The summed E-state index contributed by atoms with van der Waals surface area (Å²) >= 11 is 0. The quantitative estimate of drug-likeness (QED) is 0.744. The first-order valence-electron chi connectivity index (χ1n) is 6.72. The third-order valence-corrected chi connectivity index (χ3v) is 3.22. The molecule has 0 spiro atoms. The van der Waals surface area contributed by atoms with Crippen LogP contribution in [0.1, 0.15) is 11.1 Å². The zero-order chi connectivity index (χ0) is 14.7. The van der Waals surface area contributed by atoms with Crippen molar-refractivity contribution in [3.8, 4) is 0 Å². The summed E-state index contributed by atoms with van der Waals surface area (Å²) in [4.78, 5) is 8.62. The minimum absolute atomic E-state index is 0.663. The first kappa shape index (κ1) is 13.4. The van der Waals surface area contributed by atoms with E-state index in [4.69, 9.17) is 7.85 Å². The van der Waals surface area contributed by atoms with Crippen molar-refractivity contribution >= 4 is 42.2 Å². The van der Waals surface area contributed by atoms with Crippen molar-refractivity contribution in [2.75, 3.05) is 12.4 Å². The molecular formula is C17H14BN3. The average molecular weight is 271 g/mol. The van der Waals surface area contributed by atoms with Gasteiger partial charge >= 0.3 is 0 Å². The number of nitrogens with one attached hydrogen (secondary N) is 1. The summed E-state index contributed by atoms with van der Waals surface area (Å²) in [7, 11) is 7.59. The molecule has 1 N–H and O–H groups in total. The van der Waals surface area contributed by atoms with Gasteiger partial charge in [0, 0.05) is 24.8 Å². The highest BCUT2D eigenvalue weighted by Crippen LogP contribution is 2.18. The fraction of sp³-hybridized carbons (Fsp3) is 0.0588. The maximum Gasteiger partial charge on any atom is 0.126 e. The van der Waals surface area contributed by atoms with Gasteiger partial charge in [-0.3, -0.25) is 4.98 Å². The number of hydrogen-bond donors (Lipinski definition) is 1. The second kappa shape index (κ2) is 5.79. The van der Waals surface area contributed by atoms with Crippen molar-refractivity contribution in [3.05, 3.63) is 59.9 Å². The Hall–Kier alpha value is -2.62. The van der Waals surface area contributed by atoms with E-state index in [9.17, 15) is 0 Å². The zero-order valence-corrected chi connectivity index (χ0v) is 11.7. The molecular weight excluding hydrogens is 257 g/mol. The SMILES string of the molecule is [B]c1cncc(/C=C/c2ccc3ccc(NC)nc3c2)c1. The van der Waals surface area contributed by atoms with Crippen LogP contribution in [0.5, 0.6) is 0 Å². The van der Waals surface area contributed by atoms with Crippen LogP contribution in [0.2, 0.25) is 0 Å². The molecule has 0 unspecified atom stereocenters. The minimum Gasteiger partial charge on any atom is -0.373 e. The summed E-state index contributed by atoms with van der Waals surface area (Å²) in [6, 6.07) is 12.1. The Bertz CT molecular complexity index is 812. The van der Waals surface area contributed by atoms with E-state index in [1.807, 2.05) is 31.3 Å². The van der Waals surface area contributed by atoms with Crippen molar-refractivity contribution in [2.24, 2.45) is 0 Å². The van der Waals surface area contributed by atoms with E-state index in [2.05, 4.69) is 39.6 Å². The predicted molar refractivity (Wildman–Crippen MR) is 89.8 cm³/mol. The molecule has 0 aliphatic carbocycles. The van der Waals surface area contributed by atoms with E-state index < -0.39 is 0 Å². The normalized spacial score (nSPS) is 11.1. The van der Waals surface area contributed by atoms with Crippen LogP contribution >= 0.6 is 0 Å². The average Bonchev–Trinajstić information content (AvgIpc) is 2.52. The highest BCUT2D eigenvalue weighted by Gasteiger charge is 1.98. The molecule has 3 rings (SSSR count). The molecule has 0 bridgehead atoms. The summed E-state index contributed by atoms with van der Waals surface area (Å²) in [5.41, 5.74) is 3.70. The molecule has 0 atom stereocenters. The van der Waals surface area contributed by atoms with Gasteiger partial charge in [0.15, 0.2) is 0 Å². The number of fused-ring (bicyclic) bond motifs is 1. The third kappa shape index (κ3) is 3.11. The number of rotatable bonds is 3. The number of aromatic nitrogens is 2. The van der Waals surface area contributed by atoms with Crippen LogP contribution in [0.25, 0.3) is 23.1 Å². The number of pyridine rings is 2. The second-order valence-corrected chi connectivity index (χ2v) is 4.78. The lowest BCUT2D eigenvalue weighted by Crippen LogP contribution is -2.02.